The molecule has 0 saturated heterocycles. The van der Waals surface area contributed by atoms with E-state index in [1.54, 1.807) is 31.4 Å². The largest absolute Gasteiger partial charge is 0.493 e. The molecule has 0 fully saturated rings. The highest BCUT2D eigenvalue weighted by molar-refractivity contribution is 7.15. The number of anilines is 1. The summed E-state index contributed by atoms with van der Waals surface area (Å²) in [7, 11) is 1.57. The molecule has 9 nitrogen and oxygen atoms in total. The van der Waals surface area contributed by atoms with Gasteiger partial charge in [0.2, 0.25) is 5.13 Å². The van der Waals surface area contributed by atoms with Crippen molar-refractivity contribution in [1.82, 2.24) is 10.2 Å². The highest BCUT2D eigenvalue weighted by Crippen LogP contribution is 2.37. The number of benzene rings is 2. The van der Waals surface area contributed by atoms with Crippen molar-refractivity contribution in [3.63, 3.8) is 0 Å². The van der Waals surface area contributed by atoms with E-state index >= 15 is 0 Å². The van der Waals surface area contributed by atoms with Gasteiger partial charge in [0.05, 0.1) is 18.7 Å². The molecule has 0 unspecified atom stereocenters. The minimum absolute atomic E-state index is 0.124. The number of ether oxygens (including phenoxy) is 4. The molecule has 0 aliphatic heterocycles. The first-order valence-corrected chi connectivity index (χ1v) is 12.3. The fourth-order valence-corrected chi connectivity index (χ4v) is 3.98. The van der Waals surface area contributed by atoms with Crippen LogP contribution in [-0.4, -0.2) is 43.0 Å². The maximum atomic E-state index is 12.6. The minimum atomic E-state index is -0.598. The monoisotopic (exact) mass is 528 g/mol. The van der Waals surface area contributed by atoms with Crippen LogP contribution in [0.2, 0.25) is 5.02 Å². The van der Waals surface area contributed by atoms with Crippen LogP contribution in [-0.2, 0) is 11.2 Å². The van der Waals surface area contributed by atoms with Crippen LogP contribution in [0, 0.1) is 11.3 Å². The summed E-state index contributed by atoms with van der Waals surface area (Å²) in [6.07, 6.45) is 2.12. The second kappa shape index (κ2) is 13.3. The lowest BCUT2D eigenvalue weighted by atomic mass is 10.1. The van der Waals surface area contributed by atoms with Gasteiger partial charge in [-0.15, -0.1) is 10.2 Å². The number of nitrogens with one attached hydrogen (secondary N) is 1. The van der Waals surface area contributed by atoms with Crippen LogP contribution in [0.1, 0.15) is 24.4 Å². The zero-order valence-corrected chi connectivity index (χ0v) is 21.6. The lowest BCUT2D eigenvalue weighted by molar-refractivity contribution is -0.112. The van der Waals surface area contributed by atoms with Gasteiger partial charge in [0.1, 0.15) is 29.9 Å². The van der Waals surface area contributed by atoms with E-state index < -0.39 is 5.91 Å². The van der Waals surface area contributed by atoms with Gasteiger partial charge >= 0.3 is 0 Å². The number of amides is 1. The van der Waals surface area contributed by atoms with Gasteiger partial charge in [0.15, 0.2) is 23.0 Å². The van der Waals surface area contributed by atoms with Crippen LogP contribution in [0.25, 0.3) is 6.08 Å². The average molecular weight is 529 g/mol. The number of para-hydroxylation sites is 2. The van der Waals surface area contributed by atoms with Crippen molar-refractivity contribution in [2.45, 2.75) is 20.3 Å². The van der Waals surface area contributed by atoms with Gasteiger partial charge in [-0.2, -0.15) is 5.26 Å². The SMILES string of the molecule is CCOc1cc(C=C(C#N)C(=O)Nc2nnc(CC)s2)cc(Cl)c1OCCOc1ccccc1OC. The van der Waals surface area contributed by atoms with Gasteiger partial charge in [0, 0.05) is 0 Å². The number of nitrogens with zero attached hydrogens (tertiary/aromatic N) is 3. The quantitative estimate of drug-likeness (QED) is 0.194. The Morgan fingerprint density at radius 1 is 1.11 bits per heavy atom. The normalized spacial score (nSPS) is 10.9. The number of rotatable bonds is 12. The molecule has 36 heavy (non-hydrogen) atoms. The first-order valence-electron chi connectivity index (χ1n) is 11.1. The third-order valence-electron chi connectivity index (χ3n) is 4.65. The van der Waals surface area contributed by atoms with E-state index in [4.69, 9.17) is 30.5 Å². The molecule has 0 aliphatic carbocycles. The maximum absolute atomic E-state index is 12.6. The Bertz CT molecular complexity index is 1270. The molecular formula is C25H25ClN4O5S. The molecule has 0 aliphatic rings. The summed E-state index contributed by atoms with van der Waals surface area (Å²) in [6, 6.07) is 12.5. The van der Waals surface area contributed by atoms with E-state index in [1.807, 2.05) is 32.0 Å². The third kappa shape index (κ3) is 7.10. The highest BCUT2D eigenvalue weighted by atomic mass is 35.5. The summed E-state index contributed by atoms with van der Waals surface area (Å²) in [5.74, 6) is 1.34. The molecule has 1 amide bonds. The van der Waals surface area contributed by atoms with E-state index in [2.05, 4.69) is 15.5 Å². The van der Waals surface area contributed by atoms with Crippen LogP contribution < -0.4 is 24.3 Å². The highest BCUT2D eigenvalue weighted by Gasteiger charge is 2.16. The fourth-order valence-electron chi connectivity index (χ4n) is 3.03. The topological polar surface area (TPSA) is 116 Å². The zero-order valence-electron chi connectivity index (χ0n) is 20.0. The van der Waals surface area contributed by atoms with Gasteiger partial charge < -0.3 is 18.9 Å². The molecule has 1 N–H and O–H groups in total. The number of aryl methyl sites for hydroxylation is 1. The predicted molar refractivity (Wildman–Crippen MR) is 138 cm³/mol. The second-order valence-corrected chi connectivity index (χ2v) is 8.56. The number of methoxy groups -OCH3 is 1. The average Bonchev–Trinajstić information content (AvgIpc) is 3.34. The summed E-state index contributed by atoms with van der Waals surface area (Å²) >= 11 is 7.73. The number of aromatic nitrogens is 2. The molecule has 0 atom stereocenters. The Balaban J connectivity index is 1.72. The van der Waals surface area contributed by atoms with E-state index in [0.717, 1.165) is 5.01 Å². The van der Waals surface area contributed by atoms with Gasteiger partial charge in [0.25, 0.3) is 5.91 Å². The summed E-state index contributed by atoms with van der Waals surface area (Å²) in [5, 5.41) is 21.4. The lowest BCUT2D eigenvalue weighted by Gasteiger charge is -2.15. The third-order valence-corrected chi connectivity index (χ3v) is 5.92. The van der Waals surface area contributed by atoms with Crippen molar-refractivity contribution in [3.8, 4) is 29.1 Å². The predicted octanol–water partition coefficient (Wildman–Crippen LogP) is 5.16. The maximum Gasteiger partial charge on any atom is 0.268 e. The van der Waals surface area contributed by atoms with Crippen molar-refractivity contribution in [2.75, 3.05) is 32.2 Å². The van der Waals surface area contributed by atoms with Crippen LogP contribution in [0.3, 0.4) is 0 Å². The number of hydrogen-bond acceptors (Lipinski definition) is 9. The lowest BCUT2D eigenvalue weighted by Crippen LogP contribution is -2.13. The molecule has 2 aromatic carbocycles. The van der Waals surface area contributed by atoms with Crippen LogP contribution >= 0.6 is 22.9 Å². The van der Waals surface area contributed by atoms with Crippen LogP contribution in [0.15, 0.2) is 42.0 Å². The second-order valence-electron chi connectivity index (χ2n) is 7.09. The molecule has 0 saturated carbocycles. The van der Waals surface area contributed by atoms with Crippen molar-refractivity contribution in [2.24, 2.45) is 0 Å². The van der Waals surface area contributed by atoms with E-state index in [1.165, 1.54) is 17.4 Å². The van der Waals surface area contributed by atoms with Crippen molar-refractivity contribution in [3.05, 3.63) is 57.6 Å². The summed E-state index contributed by atoms with van der Waals surface area (Å²) < 4.78 is 22.5. The minimum Gasteiger partial charge on any atom is -0.493 e. The van der Waals surface area contributed by atoms with Crippen molar-refractivity contribution in [1.29, 1.82) is 5.26 Å². The van der Waals surface area contributed by atoms with Gasteiger partial charge in [-0.05, 0) is 49.2 Å². The van der Waals surface area contributed by atoms with Gasteiger partial charge in [-0.1, -0.05) is 42.0 Å². The zero-order chi connectivity index (χ0) is 25.9. The van der Waals surface area contributed by atoms with Crippen molar-refractivity contribution < 1.29 is 23.7 Å². The molecule has 188 valence electrons. The smallest absolute Gasteiger partial charge is 0.268 e. The first kappa shape index (κ1) is 26.8. The molecule has 3 rings (SSSR count). The Hall–Kier alpha value is -3.81. The Labute approximate surface area is 218 Å². The fraction of sp³-hybridized carbons (Fsp3) is 0.280. The van der Waals surface area contributed by atoms with E-state index in [-0.39, 0.29) is 23.8 Å². The summed E-state index contributed by atoms with van der Waals surface area (Å²) in [6.45, 7) is 4.56. The number of hydrogen-bond donors (Lipinski definition) is 1. The summed E-state index contributed by atoms with van der Waals surface area (Å²) in [4.78, 5) is 12.6. The standard InChI is InChI=1S/C25H25ClN4O5S/c1-4-22-29-30-25(36-22)28-24(31)17(15-27)12-16-13-18(26)23(21(14-16)33-5-2)35-11-10-34-20-9-7-6-8-19(20)32-3/h6-9,12-14H,4-5,10-11H2,1-3H3,(H,28,30,31). The molecule has 1 aromatic heterocycles. The van der Waals surface area contributed by atoms with Gasteiger partial charge in [-0.3, -0.25) is 10.1 Å². The molecular weight excluding hydrogens is 504 g/mol. The van der Waals surface area contributed by atoms with Crippen LogP contribution in [0.5, 0.6) is 23.0 Å². The molecule has 0 spiro atoms. The van der Waals surface area contributed by atoms with Crippen LogP contribution in [0.4, 0.5) is 5.13 Å². The van der Waals surface area contributed by atoms with Gasteiger partial charge in [-0.25, -0.2) is 0 Å². The number of nitriles is 1. The number of halogens is 1. The first-order chi connectivity index (χ1) is 17.5. The summed E-state index contributed by atoms with van der Waals surface area (Å²) in [5.41, 5.74) is 0.375. The number of carbonyl (C=O) groups is 1. The Kier molecular flexibility index (Phi) is 9.92. The van der Waals surface area contributed by atoms with E-state index in [0.29, 0.717) is 46.7 Å². The molecule has 0 radical (unpaired) electrons. The molecule has 0 bridgehead atoms. The van der Waals surface area contributed by atoms with E-state index in [9.17, 15) is 10.1 Å². The Morgan fingerprint density at radius 3 is 2.53 bits per heavy atom. The number of carbonyl (C=O) groups excluding carboxylic acids is 1. The molecule has 3 aromatic rings. The van der Waals surface area contributed by atoms with Crippen molar-refractivity contribution >= 4 is 40.1 Å². The molecule has 11 heteroatoms. The Morgan fingerprint density at radius 2 is 1.86 bits per heavy atom. The molecule has 1 heterocycles.